The monoisotopic (exact) mass is 846 g/mol. The van der Waals surface area contributed by atoms with Gasteiger partial charge in [-0.25, -0.2) is 0 Å². The van der Waals surface area contributed by atoms with Crippen molar-refractivity contribution in [2.45, 2.75) is 83.5 Å². The molecule has 0 bridgehead atoms. The first-order valence-corrected chi connectivity index (χ1v) is 23.7. The van der Waals surface area contributed by atoms with Crippen LogP contribution in [0.2, 0.25) is 10.1 Å². The second kappa shape index (κ2) is 18.7. The predicted molar refractivity (Wildman–Crippen MR) is 241 cm³/mol. The van der Waals surface area contributed by atoms with Crippen LogP contribution < -0.4 is 10.4 Å². The minimum Gasteiger partial charge on any atom is -0.508 e. The number of allylic oxidation sites excluding steroid dienone is 1. The number of rotatable bonds is 14. The molecule has 316 valence electrons. The van der Waals surface area contributed by atoms with E-state index in [9.17, 15) is 24.9 Å². The summed E-state index contributed by atoms with van der Waals surface area (Å²) in [4.78, 5) is 33.1. The van der Waals surface area contributed by atoms with Crippen LogP contribution in [0.3, 0.4) is 0 Å². The summed E-state index contributed by atoms with van der Waals surface area (Å²) in [5.41, 5.74) is 4.38. The molecule has 3 N–H and O–H groups in total. The highest BCUT2D eigenvalue weighted by atomic mass is 35.5. The van der Waals surface area contributed by atoms with E-state index in [1.165, 1.54) is 16.5 Å². The van der Waals surface area contributed by atoms with Crippen molar-refractivity contribution < 1.29 is 29.3 Å². The molecule has 8 nitrogen and oxygen atoms in total. The predicted octanol–water partition coefficient (Wildman–Crippen LogP) is 7.74. The Labute approximate surface area is 361 Å². The summed E-state index contributed by atoms with van der Waals surface area (Å²) >= 11 is 6.43. The van der Waals surface area contributed by atoms with Gasteiger partial charge in [-0.15, -0.1) is 0 Å². The highest BCUT2D eigenvalue weighted by Crippen LogP contribution is 2.48. The van der Waals surface area contributed by atoms with Crippen LogP contribution in [0.4, 0.5) is 0 Å². The van der Waals surface area contributed by atoms with Gasteiger partial charge < -0.3 is 19.7 Å². The van der Waals surface area contributed by atoms with Crippen LogP contribution in [0.1, 0.15) is 70.9 Å². The van der Waals surface area contributed by atoms with E-state index in [2.05, 4.69) is 62.1 Å². The zero-order valence-electron chi connectivity index (χ0n) is 35.3. The van der Waals surface area contributed by atoms with E-state index >= 15 is 0 Å². The number of hydrogen-bond donors (Lipinski definition) is 3. The molecule has 1 aliphatic carbocycles. The summed E-state index contributed by atoms with van der Waals surface area (Å²) in [6, 6.07) is 35.7. The molecule has 0 saturated carbocycles. The largest absolute Gasteiger partial charge is 0.508 e. The molecule has 4 atom stereocenters. The van der Waals surface area contributed by atoms with Crippen LogP contribution in [-0.4, -0.2) is 83.7 Å². The Morgan fingerprint density at radius 1 is 0.900 bits per heavy atom. The number of likely N-dealkylation sites (tertiary alicyclic amines) is 2. The van der Waals surface area contributed by atoms with Gasteiger partial charge >= 0.3 is 0 Å². The molecule has 0 radical (unpaired) electrons. The standard InChI is InChI=1S/C50H59ClN2O6Si/c1-34(28-36-21-22-39(55)30-44(36)51)20-23-45(56)46-37(33-59-60(50(2,3)4,40-16-10-6-11-17-40)41-18-12-7-13-19-41)29-42-47(43(46)32-54)49(58)53(48(42)57)38-24-26-52(27-25-38)31-35-14-8-5-9-15-35/h5-19,21-22,28,30,38,42-43,45,47,54-56H,20,23-27,29,31-33H2,1-4H3/b34-28+/t42-,43+,45-,47-/m1/s1. The lowest BCUT2D eigenvalue weighted by Gasteiger charge is -2.44. The van der Waals surface area contributed by atoms with Gasteiger partial charge in [0.1, 0.15) is 5.75 Å². The van der Waals surface area contributed by atoms with Crippen molar-refractivity contribution in [3.05, 3.63) is 142 Å². The van der Waals surface area contributed by atoms with Gasteiger partial charge in [-0.3, -0.25) is 19.4 Å². The van der Waals surface area contributed by atoms with E-state index in [1.807, 2.05) is 67.6 Å². The number of carbonyl (C=O) groups excluding carboxylic acids is 2. The molecule has 2 saturated heterocycles. The number of aromatic hydroxyl groups is 1. The van der Waals surface area contributed by atoms with Gasteiger partial charge in [0.15, 0.2) is 0 Å². The van der Waals surface area contributed by atoms with Gasteiger partial charge in [-0.2, -0.15) is 0 Å². The molecule has 0 unspecified atom stereocenters. The number of fused-ring (bicyclic) bond motifs is 1. The van der Waals surface area contributed by atoms with E-state index in [0.717, 1.165) is 46.7 Å². The lowest BCUT2D eigenvalue weighted by atomic mass is 9.68. The molecule has 60 heavy (non-hydrogen) atoms. The van der Waals surface area contributed by atoms with E-state index in [-0.39, 0.29) is 48.3 Å². The van der Waals surface area contributed by atoms with Crippen LogP contribution in [0.15, 0.2) is 126 Å². The summed E-state index contributed by atoms with van der Waals surface area (Å²) in [6.45, 7) is 10.8. The lowest BCUT2D eigenvalue weighted by molar-refractivity contribution is -0.144. The van der Waals surface area contributed by atoms with Crippen LogP contribution >= 0.6 is 11.6 Å². The average molecular weight is 848 g/mol. The smallest absolute Gasteiger partial charge is 0.261 e. The third-order valence-electron chi connectivity index (χ3n) is 13.0. The molecule has 0 aromatic heterocycles. The van der Waals surface area contributed by atoms with Gasteiger partial charge in [0, 0.05) is 31.6 Å². The van der Waals surface area contributed by atoms with Crippen molar-refractivity contribution in [1.29, 1.82) is 0 Å². The minimum absolute atomic E-state index is 0.0858. The fraction of sp³-hybridized carbons (Fsp3) is 0.400. The molecular weight excluding hydrogens is 788 g/mol. The van der Waals surface area contributed by atoms with Crippen molar-refractivity contribution >= 4 is 48.2 Å². The number of nitrogens with zero attached hydrogens (tertiary/aromatic N) is 2. The number of benzene rings is 4. The first-order valence-electron chi connectivity index (χ1n) is 21.4. The van der Waals surface area contributed by atoms with Gasteiger partial charge in [0.2, 0.25) is 11.8 Å². The Balaban J connectivity index is 1.21. The van der Waals surface area contributed by atoms with Crippen molar-refractivity contribution in [2.24, 2.45) is 17.8 Å². The van der Waals surface area contributed by atoms with E-state index in [0.29, 0.717) is 36.3 Å². The zero-order chi connectivity index (χ0) is 42.6. The lowest BCUT2D eigenvalue weighted by Crippen LogP contribution is -2.66. The number of carbonyl (C=O) groups is 2. The highest BCUT2D eigenvalue weighted by Gasteiger charge is 2.57. The number of piperidine rings is 1. The molecule has 2 fully saturated rings. The molecule has 7 rings (SSSR count). The van der Waals surface area contributed by atoms with Gasteiger partial charge in [0.05, 0.1) is 36.2 Å². The third kappa shape index (κ3) is 8.98. The Bertz CT molecular complexity index is 2140. The number of hydrogen-bond acceptors (Lipinski definition) is 7. The molecular formula is C50H59ClN2O6Si. The zero-order valence-corrected chi connectivity index (χ0v) is 37.0. The number of aliphatic hydroxyl groups excluding tert-OH is 2. The third-order valence-corrected chi connectivity index (χ3v) is 18.3. The second-order valence-electron chi connectivity index (χ2n) is 17.9. The fourth-order valence-corrected chi connectivity index (χ4v) is 14.9. The van der Waals surface area contributed by atoms with Crippen LogP contribution in [0, 0.1) is 17.8 Å². The SMILES string of the molecule is C/C(=C\c1ccc(O)cc1Cl)CC[C@@H](O)C1=C(CO[Si](c2ccccc2)(c2ccccc2)C(C)(C)C)C[C@H]2C(=O)N(C3CCN(Cc4ccccc4)CC3)C(=O)[C@H]2[C@H]1CO. The summed E-state index contributed by atoms with van der Waals surface area (Å²) in [7, 11) is -3.04. The van der Waals surface area contributed by atoms with Crippen molar-refractivity contribution in [2.75, 3.05) is 26.3 Å². The fourth-order valence-electron chi connectivity index (χ4n) is 10.1. The van der Waals surface area contributed by atoms with Crippen molar-refractivity contribution in [1.82, 2.24) is 9.80 Å². The normalized spacial score (nSPS) is 21.4. The Morgan fingerprint density at radius 3 is 2.07 bits per heavy atom. The molecule has 2 amide bonds. The van der Waals surface area contributed by atoms with Gasteiger partial charge in [-0.1, -0.05) is 135 Å². The van der Waals surface area contributed by atoms with E-state index in [1.54, 1.807) is 12.1 Å². The summed E-state index contributed by atoms with van der Waals surface area (Å²) < 4.78 is 7.45. The molecule has 0 spiro atoms. The maximum Gasteiger partial charge on any atom is 0.261 e. The van der Waals surface area contributed by atoms with Crippen molar-refractivity contribution in [3.63, 3.8) is 0 Å². The van der Waals surface area contributed by atoms with E-state index < -0.39 is 32.2 Å². The molecule has 4 aromatic rings. The number of phenols is 1. The number of aliphatic hydroxyl groups is 2. The first-order chi connectivity index (χ1) is 28.8. The molecule has 3 aliphatic rings. The van der Waals surface area contributed by atoms with Crippen molar-refractivity contribution in [3.8, 4) is 5.75 Å². The maximum atomic E-state index is 14.6. The summed E-state index contributed by atoms with van der Waals surface area (Å²) in [5.74, 6) is -2.48. The number of amides is 2. The van der Waals surface area contributed by atoms with E-state index in [4.69, 9.17) is 16.0 Å². The summed E-state index contributed by atoms with van der Waals surface area (Å²) in [6.07, 6.45) is 3.44. The molecule has 4 aromatic carbocycles. The van der Waals surface area contributed by atoms with Crippen LogP contribution in [0.5, 0.6) is 5.75 Å². The van der Waals surface area contributed by atoms with Gasteiger partial charge in [0.25, 0.3) is 8.32 Å². The molecule has 2 aliphatic heterocycles. The number of imide groups is 1. The second-order valence-corrected chi connectivity index (χ2v) is 22.6. The number of phenolic OH excluding ortho intramolecular Hbond substituents is 1. The quantitative estimate of drug-likeness (QED) is 0.0677. The highest BCUT2D eigenvalue weighted by molar-refractivity contribution is 6.99. The molecule has 10 heteroatoms. The van der Waals surface area contributed by atoms with Crippen LogP contribution in [0.25, 0.3) is 6.08 Å². The minimum atomic E-state index is -3.04. The Hall–Kier alpha value is -4.35. The average Bonchev–Trinajstić information content (AvgIpc) is 3.49. The van der Waals surface area contributed by atoms with Gasteiger partial charge in [-0.05, 0) is 94.9 Å². The summed E-state index contributed by atoms with van der Waals surface area (Å²) in [5, 5.41) is 35.8. The molecule has 2 heterocycles. The Morgan fingerprint density at radius 2 is 1.50 bits per heavy atom. The Kier molecular flexibility index (Phi) is 13.6. The van der Waals surface area contributed by atoms with Crippen LogP contribution in [-0.2, 0) is 20.6 Å². The topological polar surface area (TPSA) is 111 Å². The maximum absolute atomic E-state index is 14.6. The number of halogens is 1. The first kappa shape index (κ1) is 43.7.